The van der Waals surface area contributed by atoms with Crippen molar-refractivity contribution >= 4 is 32.0 Å². The number of sulfonamides is 1. The van der Waals surface area contributed by atoms with Crippen molar-refractivity contribution in [3.05, 3.63) is 50.4 Å². The largest absolute Gasteiger partial charge is 0.289 e. The molecule has 1 N–H and O–H groups in total. The molecule has 1 aliphatic rings. The van der Waals surface area contributed by atoms with Crippen molar-refractivity contribution in [1.29, 1.82) is 5.26 Å². The summed E-state index contributed by atoms with van der Waals surface area (Å²) in [7, 11) is -4.15. The van der Waals surface area contributed by atoms with Crippen molar-refractivity contribution in [2.75, 3.05) is 4.72 Å². The summed E-state index contributed by atoms with van der Waals surface area (Å²) >= 11 is 1.24. The molecule has 3 rings (SSSR count). The molecule has 0 spiro atoms. The minimum atomic E-state index is -4.15. The quantitative estimate of drug-likeness (QED) is 0.662. The van der Waals surface area contributed by atoms with Crippen molar-refractivity contribution < 1.29 is 13.3 Å². The molecule has 0 atom stereocenters. The molecular formula is C15H13N3O4S2. The fourth-order valence-corrected chi connectivity index (χ4v) is 5.49. The van der Waals surface area contributed by atoms with Gasteiger partial charge in [0.05, 0.1) is 10.5 Å². The molecule has 0 unspecified atom stereocenters. The van der Waals surface area contributed by atoms with Gasteiger partial charge in [-0.05, 0) is 37.3 Å². The molecule has 1 aromatic heterocycles. The molecule has 124 valence electrons. The average Bonchev–Trinajstić information content (AvgIpc) is 2.91. The van der Waals surface area contributed by atoms with Crippen molar-refractivity contribution in [3.63, 3.8) is 0 Å². The van der Waals surface area contributed by atoms with Gasteiger partial charge in [-0.1, -0.05) is 12.1 Å². The number of nitro benzene ring substituents is 1. The van der Waals surface area contributed by atoms with E-state index >= 15 is 0 Å². The van der Waals surface area contributed by atoms with E-state index in [1.54, 1.807) is 0 Å². The number of thiophene rings is 1. The first-order valence-corrected chi connectivity index (χ1v) is 9.55. The Bertz CT molecular complexity index is 958. The van der Waals surface area contributed by atoms with E-state index in [0.717, 1.165) is 42.2 Å². The van der Waals surface area contributed by atoms with Crippen LogP contribution < -0.4 is 4.72 Å². The first kappa shape index (κ1) is 16.4. The van der Waals surface area contributed by atoms with E-state index in [1.165, 1.54) is 29.5 Å². The zero-order valence-electron chi connectivity index (χ0n) is 12.5. The number of nitro groups is 1. The normalized spacial score (nSPS) is 13.8. The standard InChI is InChI=1S/C15H13N3O4S2/c16-9-11-10-5-1-3-7-13(10)23-15(11)17-24(21,22)14-8-4-2-6-12(14)18(19)20/h2,4,6,8,17H,1,3,5,7H2. The molecular weight excluding hydrogens is 350 g/mol. The van der Waals surface area contributed by atoms with E-state index in [-0.39, 0.29) is 5.00 Å². The Hall–Kier alpha value is -2.44. The van der Waals surface area contributed by atoms with E-state index < -0.39 is 25.5 Å². The van der Waals surface area contributed by atoms with Crippen LogP contribution in [0.4, 0.5) is 10.7 Å². The summed E-state index contributed by atoms with van der Waals surface area (Å²) in [6, 6.07) is 7.21. The summed E-state index contributed by atoms with van der Waals surface area (Å²) < 4.78 is 27.5. The highest BCUT2D eigenvalue weighted by Crippen LogP contribution is 2.39. The van der Waals surface area contributed by atoms with Crippen LogP contribution in [0.1, 0.15) is 28.8 Å². The first-order valence-electron chi connectivity index (χ1n) is 7.25. The Labute approximate surface area is 142 Å². The van der Waals surface area contributed by atoms with Crippen LogP contribution in [0.2, 0.25) is 0 Å². The second-order valence-electron chi connectivity index (χ2n) is 5.36. The number of para-hydroxylation sites is 1. The number of nitriles is 1. The van der Waals surface area contributed by atoms with Gasteiger partial charge < -0.3 is 0 Å². The maximum Gasteiger partial charge on any atom is 0.289 e. The summed E-state index contributed by atoms with van der Waals surface area (Å²) in [6.45, 7) is 0. The molecule has 0 aliphatic heterocycles. The summed E-state index contributed by atoms with van der Waals surface area (Å²) in [5.74, 6) is 0. The lowest BCUT2D eigenvalue weighted by atomic mass is 9.96. The highest BCUT2D eigenvalue weighted by atomic mass is 32.2. The lowest BCUT2D eigenvalue weighted by molar-refractivity contribution is -0.387. The molecule has 1 aromatic carbocycles. The summed E-state index contributed by atoms with van der Waals surface area (Å²) in [4.78, 5) is 10.9. The third-order valence-electron chi connectivity index (χ3n) is 3.86. The second kappa shape index (κ2) is 6.22. The van der Waals surface area contributed by atoms with Gasteiger partial charge >= 0.3 is 0 Å². The fourth-order valence-electron chi connectivity index (χ4n) is 2.77. The van der Waals surface area contributed by atoms with Crippen molar-refractivity contribution in [2.24, 2.45) is 0 Å². The van der Waals surface area contributed by atoms with E-state index in [0.29, 0.717) is 5.56 Å². The molecule has 0 saturated heterocycles. The summed E-state index contributed by atoms with van der Waals surface area (Å²) in [5.41, 5.74) is 0.732. The van der Waals surface area contributed by atoms with Crippen LogP contribution in [0.5, 0.6) is 0 Å². The Morgan fingerprint density at radius 3 is 2.67 bits per heavy atom. The van der Waals surface area contributed by atoms with Gasteiger partial charge in [-0.3, -0.25) is 14.8 Å². The van der Waals surface area contributed by atoms with Gasteiger partial charge in [0.15, 0.2) is 4.90 Å². The van der Waals surface area contributed by atoms with Gasteiger partial charge in [0.2, 0.25) is 0 Å². The number of hydrogen-bond donors (Lipinski definition) is 1. The molecule has 1 aliphatic carbocycles. The van der Waals surface area contributed by atoms with Crippen LogP contribution in [-0.2, 0) is 22.9 Å². The average molecular weight is 363 g/mol. The van der Waals surface area contributed by atoms with Crippen LogP contribution in [-0.4, -0.2) is 13.3 Å². The first-order chi connectivity index (χ1) is 11.4. The predicted molar refractivity (Wildman–Crippen MR) is 89.6 cm³/mol. The van der Waals surface area contributed by atoms with E-state index in [4.69, 9.17) is 0 Å². The van der Waals surface area contributed by atoms with E-state index in [9.17, 15) is 23.8 Å². The smallest absolute Gasteiger partial charge is 0.269 e. The monoisotopic (exact) mass is 363 g/mol. The third-order valence-corrected chi connectivity index (χ3v) is 6.60. The minimum Gasteiger partial charge on any atom is -0.269 e. The predicted octanol–water partition coefficient (Wildman–Crippen LogP) is 3.21. The van der Waals surface area contributed by atoms with Gasteiger partial charge in [0.1, 0.15) is 11.1 Å². The van der Waals surface area contributed by atoms with Gasteiger partial charge in [-0.15, -0.1) is 11.3 Å². The zero-order valence-corrected chi connectivity index (χ0v) is 14.1. The SMILES string of the molecule is N#Cc1c(NS(=O)(=O)c2ccccc2[N+](=O)[O-])sc2c1CCCC2. The van der Waals surface area contributed by atoms with Crippen LogP contribution in [0.3, 0.4) is 0 Å². The maximum absolute atomic E-state index is 12.6. The molecule has 1 heterocycles. The number of hydrogen-bond acceptors (Lipinski definition) is 6. The molecule has 9 heteroatoms. The number of fused-ring (bicyclic) bond motifs is 1. The van der Waals surface area contributed by atoms with Gasteiger partial charge in [-0.25, -0.2) is 8.42 Å². The number of nitrogens with one attached hydrogen (secondary N) is 1. The van der Waals surface area contributed by atoms with Gasteiger partial charge in [0.25, 0.3) is 15.7 Å². The number of rotatable bonds is 4. The molecule has 0 radical (unpaired) electrons. The lowest BCUT2D eigenvalue weighted by Crippen LogP contribution is -2.14. The van der Waals surface area contributed by atoms with Crippen molar-refractivity contribution in [2.45, 2.75) is 30.6 Å². The van der Waals surface area contributed by atoms with E-state index in [2.05, 4.69) is 10.8 Å². The van der Waals surface area contributed by atoms with Crippen LogP contribution in [0.25, 0.3) is 0 Å². The number of nitrogens with zero attached hydrogens (tertiary/aromatic N) is 2. The van der Waals surface area contributed by atoms with Crippen molar-refractivity contribution in [3.8, 4) is 6.07 Å². The minimum absolute atomic E-state index is 0.238. The van der Waals surface area contributed by atoms with Gasteiger partial charge in [-0.2, -0.15) is 5.26 Å². The molecule has 0 fully saturated rings. The zero-order chi connectivity index (χ0) is 17.3. The van der Waals surface area contributed by atoms with Crippen LogP contribution in [0.15, 0.2) is 29.2 Å². The Kier molecular flexibility index (Phi) is 4.26. The van der Waals surface area contributed by atoms with Gasteiger partial charge in [0, 0.05) is 10.9 Å². The number of benzene rings is 1. The Morgan fingerprint density at radius 2 is 1.96 bits per heavy atom. The van der Waals surface area contributed by atoms with Crippen molar-refractivity contribution in [1.82, 2.24) is 0 Å². The Morgan fingerprint density at radius 1 is 1.25 bits per heavy atom. The third kappa shape index (κ3) is 2.86. The van der Waals surface area contributed by atoms with Crippen LogP contribution >= 0.6 is 11.3 Å². The fraction of sp³-hybridized carbons (Fsp3) is 0.267. The number of aryl methyl sites for hydroxylation is 1. The molecule has 7 nitrogen and oxygen atoms in total. The molecule has 24 heavy (non-hydrogen) atoms. The summed E-state index contributed by atoms with van der Waals surface area (Å²) in [6.07, 6.45) is 3.55. The topological polar surface area (TPSA) is 113 Å². The molecule has 0 bridgehead atoms. The second-order valence-corrected chi connectivity index (χ2v) is 8.11. The maximum atomic E-state index is 12.6. The highest BCUT2D eigenvalue weighted by molar-refractivity contribution is 7.93. The summed E-state index contributed by atoms with van der Waals surface area (Å²) in [5, 5.41) is 20.7. The van der Waals surface area contributed by atoms with E-state index in [1.807, 2.05) is 0 Å². The lowest BCUT2D eigenvalue weighted by Gasteiger charge is -2.09. The molecule has 0 saturated carbocycles. The Balaban J connectivity index is 2.04. The highest BCUT2D eigenvalue weighted by Gasteiger charge is 2.28. The van der Waals surface area contributed by atoms with Crippen LogP contribution in [0, 0.1) is 21.4 Å². The molecule has 0 amide bonds. The molecule has 2 aromatic rings. The number of anilines is 1.